The molecule has 1 saturated heterocycles. The molecule has 3 rings (SSSR count). The molecule has 0 bridgehead atoms. The monoisotopic (exact) mass is 431 g/mol. The lowest BCUT2D eigenvalue weighted by Gasteiger charge is -2.31. The molecule has 0 atom stereocenters. The van der Waals surface area contributed by atoms with Crippen molar-refractivity contribution in [3.8, 4) is 11.9 Å². The lowest BCUT2D eigenvalue weighted by atomic mass is 10.1. The van der Waals surface area contributed by atoms with Crippen molar-refractivity contribution in [2.75, 3.05) is 20.2 Å². The highest BCUT2D eigenvalue weighted by Gasteiger charge is 2.32. The Morgan fingerprint density at radius 2 is 1.89 bits per heavy atom. The molecule has 10 heteroatoms. The van der Waals surface area contributed by atoms with Gasteiger partial charge in [-0.1, -0.05) is 23.2 Å². The van der Waals surface area contributed by atoms with Crippen molar-refractivity contribution in [2.24, 2.45) is 0 Å². The highest BCUT2D eigenvalue weighted by molar-refractivity contribution is 7.89. The van der Waals surface area contributed by atoms with Crippen LogP contribution >= 0.6 is 23.2 Å². The Bertz CT molecular complexity index is 932. The molecule has 0 amide bonds. The number of aryl methyl sites for hydroxylation is 1. The first-order valence-corrected chi connectivity index (χ1v) is 10.5. The van der Waals surface area contributed by atoms with Gasteiger partial charge in [0.05, 0.1) is 12.1 Å². The van der Waals surface area contributed by atoms with E-state index in [0.717, 1.165) is 0 Å². The average molecular weight is 432 g/mol. The first kappa shape index (κ1) is 20.1. The second-order valence-corrected chi connectivity index (χ2v) is 8.86. The van der Waals surface area contributed by atoms with Gasteiger partial charge in [-0.3, -0.25) is 0 Å². The number of aromatic nitrogens is 2. The van der Waals surface area contributed by atoms with Crippen molar-refractivity contribution in [3.05, 3.63) is 40.0 Å². The average Bonchev–Trinajstić information content (AvgIpc) is 2.65. The van der Waals surface area contributed by atoms with E-state index in [1.54, 1.807) is 19.2 Å². The second-order valence-electron chi connectivity index (χ2n) is 6.13. The van der Waals surface area contributed by atoms with Gasteiger partial charge in [-0.15, -0.1) is 0 Å². The van der Waals surface area contributed by atoms with Crippen molar-refractivity contribution >= 4 is 33.2 Å². The molecule has 7 nitrogen and oxygen atoms in total. The van der Waals surface area contributed by atoms with Crippen molar-refractivity contribution in [1.29, 1.82) is 0 Å². The van der Waals surface area contributed by atoms with Crippen molar-refractivity contribution in [2.45, 2.75) is 30.8 Å². The molecule has 0 radical (unpaired) electrons. The number of piperidine rings is 1. The summed E-state index contributed by atoms with van der Waals surface area (Å²) in [7, 11) is -2.22. The van der Waals surface area contributed by atoms with Gasteiger partial charge in [0.2, 0.25) is 15.9 Å². The van der Waals surface area contributed by atoms with Crippen LogP contribution in [-0.4, -0.2) is 49.0 Å². The van der Waals surface area contributed by atoms with Crippen molar-refractivity contribution in [1.82, 2.24) is 14.3 Å². The number of nitrogens with zero attached hydrogens (tertiary/aromatic N) is 3. The fraction of sp³-hybridized carbons (Fsp3) is 0.412. The summed E-state index contributed by atoms with van der Waals surface area (Å²) in [5, 5.41) is 0.559. The zero-order valence-electron chi connectivity index (χ0n) is 14.9. The number of hydrogen-bond acceptors (Lipinski definition) is 6. The van der Waals surface area contributed by atoms with Crippen LogP contribution in [0.3, 0.4) is 0 Å². The first-order valence-electron chi connectivity index (χ1n) is 8.30. The maximum absolute atomic E-state index is 12.9. The summed E-state index contributed by atoms with van der Waals surface area (Å²) in [6.45, 7) is 2.40. The van der Waals surface area contributed by atoms with Crippen LogP contribution in [0.15, 0.2) is 29.3 Å². The SMILES string of the molecule is COc1nccc(OC2CCN(S(=O)(=O)c3cc(C)c(Cl)cc3Cl)CC2)n1. The third-order valence-corrected chi connectivity index (χ3v) is 7.08. The molecule has 2 aromatic rings. The van der Waals surface area contributed by atoms with Gasteiger partial charge in [-0.2, -0.15) is 9.29 Å². The predicted molar refractivity (Wildman–Crippen MR) is 102 cm³/mol. The summed E-state index contributed by atoms with van der Waals surface area (Å²) in [6, 6.07) is 4.83. The molecule has 27 heavy (non-hydrogen) atoms. The van der Waals surface area contributed by atoms with Gasteiger partial charge in [-0.05, 0) is 37.5 Å². The van der Waals surface area contributed by atoms with E-state index in [9.17, 15) is 8.42 Å². The Morgan fingerprint density at radius 3 is 2.56 bits per heavy atom. The lowest BCUT2D eigenvalue weighted by molar-refractivity contribution is 0.128. The quantitative estimate of drug-likeness (QED) is 0.721. The number of sulfonamides is 1. The molecule has 0 N–H and O–H groups in total. The van der Waals surface area contributed by atoms with Crippen LogP contribution in [0.4, 0.5) is 0 Å². The predicted octanol–water partition coefficient (Wildman–Crippen LogP) is 3.33. The number of benzene rings is 1. The minimum atomic E-state index is -3.70. The van der Waals surface area contributed by atoms with Crippen LogP contribution in [0.1, 0.15) is 18.4 Å². The number of rotatable bonds is 5. The molecule has 0 aliphatic carbocycles. The second kappa shape index (κ2) is 8.18. The molecule has 0 spiro atoms. The topological polar surface area (TPSA) is 81.6 Å². The van der Waals surface area contributed by atoms with Gasteiger partial charge >= 0.3 is 6.01 Å². The summed E-state index contributed by atoms with van der Waals surface area (Å²) in [4.78, 5) is 8.12. The number of hydrogen-bond donors (Lipinski definition) is 0. The maximum Gasteiger partial charge on any atom is 0.319 e. The van der Waals surface area contributed by atoms with Gasteiger partial charge in [-0.25, -0.2) is 13.4 Å². The third-order valence-electron chi connectivity index (χ3n) is 4.31. The Morgan fingerprint density at radius 1 is 1.19 bits per heavy atom. The Hall–Kier alpha value is -1.61. The molecule has 146 valence electrons. The Kier molecular flexibility index (Phi) is 6.10. The van der Waals surface area contributed by atoms with Gasteiger partial charge in [0.25, 0.3) is 0 Å². The molecule has 1 aromatic carbocycles. The highest BCUT2D eigenvalue weighted by atomic mass is 35.5. The van der Waals surface area contributed by atoms with E-state index in [2.05, 4.69) is 9.97 Å². The number of methoxy groups -OCH3 is 1. The van der Waals surface area contributed by atoms with Crippen LogP contribution in [0, 0.1) is 6.92 Å². The lowest BCUT2D eigenvalue weighted by Crippen LogP contribution is -2.41. The molecule has 1 aliphatic heterocycles. The number of halogens is 2. The van der Waals surface area contributed by atoms with Gasteiger partial charge in [0.15, 0.2) is 0 Å². The molecule has 1 aliphatic rings. The van der Waals surface area contributed by atoms with E-state index >= 15 is 0 Å². The molecule has 0 saturated carbocycles. The maximum atomic E-state index is 12.9. The third kappa shape index (κ3) is 4.45. The summed E-state index contributed by atoms with van der Waals surface area (Å²) < 4.78 is 38.1. The minimum Gasteiger partial charge on any atom is -0.474 e. The number of ether oxygens (including phenoxy) is 2. The highest BCUT2D eigenvalue weighted by Crippen LogP contribution is 2.31. The zero-order chi connectivity index (χ0) is 19.6. The van der Waals surface area contributed by atoms with E-state index < -0.39 is 10.0 Å². The Labute approximate surface area is 168 Å². The van der Waals surface area contributed by atoms with Crippen LogP contribution in [0.5, 0.6) is 11.9 Å². The normalized spacial score (nSPS) is 16.3. The Balaban J connectivity index is 1.68. The van der Waals surface area contributed by atoms with Crippen LogP contribution in [0.2, 0.25) is 10.0 Å². The molecule has 2 heterocycles. The van der Waals surface area contributed by atoms with E-state index in [1.165, 1.54) is 23.5 Å². The van der Waals surface area contributed by atoms with E-state index in [1.807, 2.05) is 0 Å². The van der Waals surface area contributed by atoms with Gasteiger partial charge in [0, 0.05) is 30.4 Å². The van der Waals surface area contributed by atoms with Gasteiger partial charge < -0.3 is 9.47 Å². The van der Waals surface area contributed by atoms with Crippen molar-refractivity contribution < 1.29 is 17.9 Å². The summed E-state index contributed by atoms with van der Waals surface area (Å²) >= 11 is 12.1. The summed E-state index contributed by atoms with van der Waals surface area (Å²) in [5.74, 6) is 0.402. The molecule has 0 unspecified atom stereocenters. The van der Waals surface area contributed by atoms with Crippen LogP contribution in [-0.2, 0) is 10.0 Å². The first-order chi connectivity index (χ1) is 12.8. The minimum absolute atomic E-state index is 0.0750. The van der Waals surface area contributed by atoms with E-state index in [4.69, 9.17) is 32.7 Å². The fourth-order valence-corrected chi connectivity index (χ4v) is 5.09. The van der Waals surface area contributed by atoms with Gasteiger partial charge in [0.1, 0.15) is 11.0 Å². The fourth-order valence-electron chi connectivity index (χ4n) is 2.82. The van der Waals surface area contributed by atoms with E-state index in [0.29, 0.717) is 42.4 Å². The molecular formula is C17H19Cl2N3O4S. The summed E-state index contributed by atoms with van der Waals surface area (Å²) in [5.41, 5.74) is 0.663. The largest absolute Gasteiger partial charge is 0.474 e. The summed E-state index contributed by atoms with van der Waals surface area (Å²) in [6.07, 6.45) is 2.48. The zero-order valence-corrected chi connectivity index (χ0v) is 17.2. The smallest absolute Gasteiger partial charge is 0.319 e. The van der Waals surface area contributed by atoms with E-state index in [-0.39, 0.29) is 22.0 Å². The standard InChI is InChI=1S/C17H19Cl2N3O4S/c1-11-9-15(14(19)10-13(11)18)27(23,24)22-7-4-12(5-8-22)26-16-3-6-20-17(21-16)25-2/h3,6,9-10,12H,4-5,7-8H2,1-2H3. The van der Waals surface area contributed by atoms with Crippen LogP contribution in [0.25, 0.3) is 0 Å². The molecule has 1 aromatic heterocycles. The van der Waals surface area contributed by atoms with Crippen molar-refractivity contribution in [3.63, 3.8) is 0 Å². The molecular weight excluding hydrogens is 413 g/mol. The molecule has 1 fully saturated rings. The van der Waals surface area contributed by atoms with Crippen LogP contribution < -0.4 is 9.47 Å².